The zero-order valence-corrected chi connectivity index (χ0v) is 70.3. The van der Waals surface area contributed by atoms with Crippen LogP contribution in [0.4, 0.5) is 0 Å². The molecule has 620 valence electrons. The van der Waals surface area contributed by atoms with Crippen molar-refractivity contribution in [1.29, 1.82) is 0 Å². The molecule has 0 radical (unpaired) electrons. The summed E-state index contributed by atoms with van der Waals surface area (Å²) in [6, 6.07) is 1.06. The van der Waals surface area contributed by atoms with Crippen LogP contribution in [0.25, 0.3) is 0 Å². The minimum atomic E-state index is -4.61. The lowest BCUT2D eigenvalue weighted by Gasteiger charge is -2.31. The fraction of sp³-hybridized carbons (Fsp3) is 1.00. The molecule has 0 aromatic carbocycles. The summed E-state index contributed by atoms with van der Waals surface area (Å²) < 4.78 is 38.0. The molecule has 36 heteroatoms. The number of quaternary nitrogens is 2. The van der Waals surface area contributed by atoms with Crippen molar-refractivity contribution in [2.45, 2.75) is 272 Å². The molecule has 32 N–H and O–H groups in total. The Morgan fingerprint density at radius 1 is 0.250 bits per heavy atom. The van der Waals surface area contributed by atoms with Gasteiger partial charge in [-0.15, -0.1) is 0 Å². The first-order valence-electron chi connectivity index (χ1n) is 32.4. The molecule has 0 aromatic rings. The normalized spacial score (nSPS) is 9.81. The van der Waals surface area contributed by atoms with Crippen molar-refractivity contribution < 1.29 is 174 Å². The van der Waals surface area contributed by atoms with E-state index in [-0.39, 0.29) is 91.1 Å². The monoisotopic (exact) mass is 1550 g/mol. The Balaban J connectivity index is -0.0000000388. The lowest BCUT2D eigenvalue weighted by molar-refractivity contribution is -0.890. The number of aliphatic hydroxyl groups is 3. The molecule has 30 nitrogen and oxygen atoms in total. The van der Waals surface area contributed by atoms with Gasteiger partial charge in [0.15, 0.2) is 0 Å². The molecule has 0 aromatic heterocycles. The van der Waals surface area contributed by atoms with Crippen molar-refractivity contribution in [2.24, 2.45) is 0 Å². The van der Waals surface area contributed by atoms with Gasteiger partial charge >= 0.3 is 35.7 Å². The molecule has 0 aliphatic heterocycles. The van der Waals surface area contributed by atoms with Crippen molar-refractivity contribution in [3.05, 3.63) is 0 Å². The van der Waals surface area contributed by atoms with E-state index < -0.39 is 35.7 Å². The van der Waals surface area contributed by atoms with Crippen LogP contribution in [0.15, 0.2) is 0 Å². The van der Waals surface area contributed by atoms with Crippen LogP contribution in [0.5, 0.6) is 0 Å². The SMILES string of the molecule is CC.CC.CCCCCCCCCCCCCCCCCC[N+](C)(C)CCC[Si](O)(O)O.CCCCCCCCCCCCCCCCCC[N+](C)(C)CCC[Si](OC)(OC)OC.CO.CO.CO.CO[Si](OC)(OC)OC.O.O.O.O.O.O.O.O.O.O.O.O[Si](O)(O)O.[Cl-].[Cl-]. The largest absolute Gasteiger partial charge is 1.00 e. The van der Waals surface area contributed by atoms with Crippen LogP contribution in [0, 0.1) is 0 Å². The maximum absolute atomic E-state index is 9.08. The van der Waals surface area contributed by atoms with Gasteiger partial charge in [-0.3, -0.25) is 0 Å². The quantitative estimate of drug-likeness (QED) is 0.0160. The van der Waals surface area contributed by atoms with Gasteiger partial charge in [-0.2, -0.15) is 0 Å². The number of unbranched alkanes of at least 4 members (excludes halogenated alkanes) is 30. The molecule has 0 heterocycles. The summed E-state index contributed by atoms with van der Waals surface area (Å²) in [5, 5.41) is 21.0. The van der Waals surface area contributed by atoms with Crippen LogP contribution < -0.4 is 24.8 Å². The van der Waals surface area contributed by atoms with Gasteiger partial charge in [-0.05, 0) is 25.7 Å². The van der Waals surface area contributed by atoms with E-state index >= 15 is 0 Å². The first-order chi connectivity index (χ1) is 39.5. The number of halogens is 2. The van der Waals surface area contributed by atoms with E-state index in [0.29, 0.717) is 6.42 Å². The predicted molar refractivity (Wildman–Crippen MR) is 396 cm³/mol. The standard InChI is InChI=1S/C26H58NO3Si.C23H52NO3Si.C4H12O4Si.2C2H6.3CH4O.2ClH.H4O4Si.11H2O/c1-7-8-9-10-11-12-13-14-15-16-17-18-19-20-21-22-24-27(2,3)25-23-26-31(28-4,29-5)30-6;1-4-5-6-7-8-9-10-11-12-13-14-15-16-17-18-19-21-24(2,3)22-20-23-28(25,26)27;1-5-9(6-2,7-3)8-4;5*1-2;;;1-5(2,3)4;;;;;;;;;;;/h7-26H2,1-6H3;25-27H,4-23H2,1-3H3;1-4H3;2*1-2H3;3*2H,1H3;2*1H;1-4H;11*1H2/q2*+1;;;;;;;;;;;;;;;;;;;;/p-2. The fourth-order valence-electron chi connectivity index (χ4n) is 8.92. The summed E-state index contributed by atoms with van der Waals surface area (Å²) in [6.07, 6.45) is 47.0. The van der Waals surface area contributed by atoms with Crippen molar-refractivity contribution in [3.8, 4) is 0 Å². The maximum atomic E-state index is 9.08. The molecular formula is C60H172Cl2N2O28Si4. The molecule has 0 saturated heterocycles. The number of nitrogens with zero attached hydrogens (tertiary/aromatic N) is 2. The first-order valence-corrected chi connectivity index (χ1v) is 39.8. The van der Waals surface area contributed by atoms with E-state index in [1.54, 1.807) is 21.3 Å². The summed E-state index contributed by atoms with van der Waals surface area (Å²) in [7, 11) is 9.60. The minimum Gasteiger partial charge on any atom is -1.00 e. The smallest absolute Gasteiger partial charge is 0.678 e. The van der Waals surface area contributed by atoms with E-state index in [2.05, 4.69) is 42.0 Å². The highest BCUT2D eigenvalue weighted by atomic mass is 35.5. The number of rotatable bonds is 49. The Labute approximate surface area is 604 Å². The molecule has 0 atom stereocenters. The molecule has 0 saturated carbocycles. The first kappa shape index (κ1) is 158. The van der Waals surface area contributed by atoms with Crippen LogP contribution >= 0.6 is 0 Å². The highest BCUT2D eigenvalue weighted by Gasteiger charge is 2.40. The van der Waals surface area contributed by atoms with Crippen molar-refractivity contribution in [1.82, 2.24) is 0 Å². The lowest BCUT2D eigenvalue weighted by atomic mass is 10.0. The van der Waals surface area contributed by atoms with E-state index in [1.165, 1.54) is 240 Å². The Kier molecular flexibility index (Phi) is 201. The Hall–Kier alpha value is 0.248. The second-order valence-electron chi connectivity index (χ2n) is 21.6. The molecule has 0 aliphatic carbocycles. The van der Waals surface area contributed by atoms with Gasteiger partial charge in [-0.1, -0.05) is 221 Å². The Morgan fingerprint density at radius 2 is 0.396 bits per heavy atom. The van der Waals surface area contributed by atoms with Gasteiger partial charge in [0.2, 0.25) is 0 Å². The molecule has 0 bridgehead atoms. The van der Waals surface area contributed by atoms with Gasteiger partial charge in [0.05, 0.1) is 54.4 Å². The van der Waals surface area contributed by atoms with Gasteiger partial charge in [0.25, 0.3) is 0 Å². The molecule has 0 unspecified atom stereocenters. The third-order valence-corrected chi connectivity index (χ3v) is 19.5. The highest BCUT2D eigenvalue weighted by Crippen LogP contribution is 2.19. The van der Waals surface area contributed by atoms with E-state index in [4.69, 9.17) is 79.9 Å². The highest BCUT2D eigenvalue weighted by molar-refractivity contribution is 6.60. The summed E-state index contributed by atoms with van der Waals surface area (Å²) in [4.78, 5) is 56.6. The topological polar surface area (TPSA) is 613 Å². The number of aliphatic hydroxyl groups excluding tert-OH is 3. The third kappa shape index (κ3) is 145. The number of hydrogen-bond acceptors (Lipinski definition) is 17. The second kappa shape index (κ2) is 122. The van der Waals surface area contributed by atoms with Crippen LogP contribution in [0.2, 0.25) is 12.1 Å². The van der Waals surface area contributed by atoms with Crippen molar-refractivity contribution in [3.63, 3.8) is 0 Å². The average molecular weight is 1550 g/mol. The summed E-state index contributed by atoms with van der Waals surface area (Å²) >= 11 is 0. The van der Waals surface area contributed by atoms with Gasteiger partial charge in [-0.25, -0.2) is 0 Å². The van der Waals surface area contributed by atoms with Crippen LogP contribution in [-0.4, -0.2) is 279 Å². The average Bonchev–Trinajstić information content (AvgIpc) is 3.47. The molecule has 0 rings (SSSR count). The second-order valence-corrected chi connectivity index (χ2v) is 30.5. The minimum absolute atomic E-state index is 0. The zero-order valence-electron chi connectivity index (χ0n) is 64.8. The van der Waals surface area contributed by atoms with E-state index in [9.17, 15) is 0 Å². The fourth-order valence-corrected chi connectivity index (χ4v) is 12.3. The van der Waals surface area contributed by atoms with Crippen molar-refractivity contribution >= 4 is 35.7 Å². The van der Waals surface area contributed by atoms with Gasteiger partial charge in [0.1, 0.15) is 0 Å². The molecule has 0 amide bonds. The van der Waals surface area contributed by atoms with E-state index in [0.717, 1.165) is 62.4 Å². The van der Waals surface area contributed by atoms with Gasteiger partial charge < -0.3 is 174 Å². The summed E-state index contributed by atoms with van der Waals surface area (Å²) in [6.45, 7) is 17.0. The predicted octanol–water partition coefficient (Wildman–Crippen LogP) is -3.56. The summed E-state index contributed by atoms with van der Waals surface area (Å²) in [5.41, 5.74) is 0. The Morgan fingerprint density at radius 3 is 0.531 bits per heavy atom. The zero-order chi connectivity index (χ0) is 66.2. The molecule has 0 aliphatic rings. The van der Waals surface area contributed by atoms with Crippen molar-refractivity contribution in [2.75, 3.05) is 125 Å². The Bertz CT molecular complexity index is 1120. The molecule has 96 heavy (non-hydrogen) atoms. The third-order valence-electron chi connectivity index (χ3n) is 13.7. The van der Waals surface area contributed by atoms with E-state index in [1.807, 2.05) is 27.7 Å². The van der Waals surface area contributed by atoms with Crippen LogP contribution in [0.3, 0.4) is 0 Å². The number of hydrogen-bond donors (Lipinski definition) is 10. The van der Waals surface area contributed by atoms with Gasteiger partial charge in [0, 0.05) is 96.0 Å². The molecule has 0 fully saturated rings. The molecule has 0 spiro atoms. The molecular weight excluding hydrogens is 1380 g/mol. The maximum Gasteiger partial charge on any atom is 0.678 e. The summed E-state index contributed by atoms with van der Waals surface area (Å²) in [5.74, 6) is 0. The lowest BCUT2D eigenvalue weighted by Crippen LogP contribution is -3.00. The van der Waals surface area contributed by atoms with Crippen LogP contribution in [-0.2, 0) is 31.0 Å². The van der Waals surface area contributed by atoms with Crippen LogP contribution in [0.1, 0.15) is 260 Å².